The highest BCUT2D eigenvalue weighted by atomic mass is 32.2. The molecule has 0 fully saturated rings. The van der Waals surface area contributed by atoms with E-state index in [1.54, 1.807) is 12.1 Å². The summed E-state index contributed by atoms with van der Waals surface area (Å²) in [6, 6.07) is 6.34. The summed E-state index contributed by atoms with van der Waals surface area (Å²) in [4.78, 5) is 11.9. The Kier molecular flexibility index (Phi) is 9.09. The number of rotatable bonds is 11. The summed E-state index contributed by atoms with van der Waals surface area (Å²) in [6.07, 6.45) is 1.37. The molecule has 0 saturated heterocycles. The Morgan fingerprint density at radius 3 is 2.09 bits per heavy atom. The van der Waals surface area contributed by atoms with E-state index in [0.29, 0.717) is 28.4 Å². The molecule has 0 amide bonds. The minimum Gasteiger partial charge on any atom is -0.496 e. The molecule has 0 heterocycles. The van der Waals surface area contributed by atoms with Crippen LogP contribution < -0.4 is 29.4 Å². The fraction of sp³-hybridized carbons (Fsp3) is 0.318. The molecule has 0 saturated carbocycles. The number of aliphatic hydroxyl groups is 1. The average molecular weight is 482 g/mol. The molecular formula is C22H27NO9S. The molecule has 1 atom stereocenters. The minimum atomic E-state index is -3.75. The number of nitrogens with two attached hydrogens (primary N) is 1. The topological polar surface area (TPSA) is 144 Å². The molecule has 0 aliphatic carbocycles. The first-order chi connectivity index (χ1) is 15.7. The molecule has 0 aliphatic rings. The largest absolute Gasteiger partial charge is 0.496 e. The summed E-state index contributed by atoms with van der Waals surface area (Å²) >= 11 is 0. The van der Waals surface area contributed by atoms with Gasteiger partial charge in [0.15, 0.2) is 21.3 Å². The predicted octanol–water partition coefficient (Wildman–Crippen LogP) is 1.53. The lowest BCUT2D eigenvalue weighted by molar-refractivity contribution is -0.136. The van der Waals surface area contributed by atoms with Crippen molar-refractivity contribution in [3.63, 3.8) is 0 Å². The van der Waals surface area contributed by atoms with Crippen LogP contribution in [0.3, 0.4) is 0 Å². The van der Waals surface area contributed by atoms with E-state index in [1.807, 2.05) is 0 Å². The number of ether oxygens (including phenoxy) is 5. The van der Waals surface area contributed by atoms with Gasteiger partial charge in [-0.1, -0.05) is 6.07 Å². The van der Waals surface area contributed by atoms with Crippen molar-refractivity contribution in [3.8, 4) is 28.7 Å². The van der Waals surface area contributed by atoms with Crippen molar-refractivity contribution in [3.05, 3.63) is 46.9 Å². The van der Waals surface area contributed by atoms with Gasteiger partial charge in [0.05, 0.1) is 46.4 Å². The second-order valence-electron chi connectivity index (χ2n) is 6.75. The lowest BCUT2D eigenvalue weighted by Crippen LogP contribution is -2.37. The zero-order valence-electron chi connectivity index (χ0n) is 18.7. The molecule has 0 radical (unpaired) electrons. The van der Waals surface area contributed by atoms with Gasteiger partial charge in [-0.3, -0.25) is 0 Å². The van der Waals surface area contributed by atoms with E-state index < -0.39 is 28.5 Å². The van der Waals surface area contributed by atoms with Crippen LogP contribution >= 0.6 is 0 Å². The Hall–Kier alpha value is -3.28. The molecule has 0 bridgehead atoms. The van der Waals surface area contributed by atoms with Gasteiger partial charge in [0.25, 0.3) is 0 Å². The summed E-state index contributed by atoms with van der Waals surface area (Å²) in [7, 11) is 2.00. The Balaban J connectivity index is 2.32. The summed E-state index contributed by atoms with van der Waals surface area (Å²) in [5.41, 5.74) is 6.22. The normalized spacial score (nSPS) is 12.3. The highest BCUT2D eigenvalue weighted by Gasteiger charge is 2.19. The number of esters is 1. The van der Waals surface area contributed by atoms with Crippen molar-refractivity contribution in [2.75, 3.05) is 35.0 Å². The molecule has 2 aromatic rings. The van der Waals surface area contributed by atoms with Crippen LogP contribution in [0.5, 0.6) is 28.7 Å². The zero-order valence-corrected chi connectivity index (χ0v) is 19.5. The highest BCUT2D eigenvalue weighted by molar-refractivity contribution is 7.93. The summed E-state index contributed by atoms with van der Waals surface area (Å²) in [6.45, 7) is -0.599. The fourth-order valence-corrected chi connectivity index (χ4v) is 3.88. The van der Waals surface area contributed by atoms with Crippen LogP contribution in [0.15, 0.2) is 35.7 Å². The van der Waals surface area contributed by atoms with Crippen molar-refractivity contribution in [1.82, 2.24) is 0 Å². The maximum atomic E-state index is 12.8. The van der Waals surface area contributed by atoms with Crippen LogP contribution in [0.4, 0.5) is 0 Å². The first-order valence-electron chi connectivity index (χ1n) is 9.63. The van der Waals surface area contributed by atoms with E-state index in [1.165, 1.54) is 52.7 Å². The van der Waals surface area contributed by atoms with Crippen molar-refractivity contribution in [1.29, 1.82) is 0 Å². The second-order valence-corrected chi connectivity index (χ2v) is 8.64. The van der Waals surface area contributed by atoms with E-state index >= 15 is 0 Å². The van der Waals surface area contributed by atoms with Gasteiger partial charge in [0.1, 0.15) is 23.3 Å². The Labute approximate surface area is 192 Å². The molecule has 3 N–H and O–H groups in total. The number of hydrogen-bond acceptors (Lipinski definition) is 10. The Morgan fingerprint density at radius 1 is 0.970 bits per heavy atom. The number of methoxy groups -OCH3 is 4. The summed E-state index contributed by atoms with van der Waals surface area (Å²) in [5, 5.41) is 10.0. The summed E-state index contributed by atoms with van der Waals surface area (Å²) in [5.74, 6) is 0.164. The maximum absolute atomic E-state index is 12.8. The van der Waals surface area contributed by atoms with Gasteiger partial charge in [-0.15, -0.1) is 0 Å². The number of carbonyl (C=O) groups is 1. The van der Waals surface area contributed by atoms with Crippen LogP contribution in [0.1, 0.15) is 11.1 Å². The third-order valence-electron chi connectivity index (χ3n) is 4.50. The number of sulfone groups is 1. The smallest absolute Gasteiger partial charge is 0.330 e. The molecular weight excluding hydrogens is 454 g/mol. The van der Waals surface area contributed by atoms with Crippen LogP contribution in [-0.4, -0.2) is 60.6 Å². The van der Waals surface area contributed by atoms with Gasteiger partial charge >= 0.3 is 5.97 Å². The number of carbonyl (C=O) groups excluding carboxylic acids is 1. The molecule has 0 spiro atoms. The molecule has 10 nitrogen and oxygen atoms in total. The Bertz CT molecular complexity index is 1090. The number of hydrogen-bond donors (Lipinski definition) is 2. The standard InChI is InChI=1S/C22H27NO9S/c1-28-15-10-19(30-3)16(20(11-15)31-4)7-8-33(26,27)13-14-5-6-18(29-2)21(9-14)32-22(25)17(23)12-24/h5-11,17,24H,12-13,23H2,1-4H3/t17-/m1/s1. The van der Waals surface area contributed by atoms with Crippen LogP contribution in [0.25, 0.3) is 6.08 Å². The van der Waals surface area contributed by atoms with Crippen molar-refractivity contribution >= 4 is 21.9 Å². The lowest BCUT2D eigenvalue weighted by atomic mass is 10.1. The van der Waals surface area contributed by atoms with Gasteiger partial charge in [-0.05, 0) is 23.8 Å². The molecule has 0 aromatic heterocycles. The molecule has 33 heavy (non-hydrogen) atoms. The van der Waals surface area contributed by atoms with Gasteiger partial charge in [0.2, 0.25) is 0 Å². The first-order valence-corrected chi connectivity index (χ1v) is 11.3. The first kappa shape index (κ1) is 26.0. The Morgan fingerprint density at radius 2 is 1.58 bits per heavy atom. The second kappa shape index (κ2) is 11.5. The minimum absolute atomic E-state index is 0.0124. The quantitative estimate of drug-likeness (QED) is 0.358. The highest BCUT2D eigenvalue weighted by Crippen LogP contribution is 2.35. The third-order valence-corrected chi connectivity index (χ3v) is 5.79. The fourth-order valence-electron chi connectivity index (χ4n) is 2.80. The maximum Gasteiger partial charge on any atom is 0.330 e. The van der Waals surface area contributed by atoms with Crippen LogP contribution in [0.2, 0.25) is 0 Å². The zero-order chi connectivity index (χ0) is 24.6. The number of benzene rings is 2. The van der Waals surface area contributed by atoms with E-state index in [0.717, 1.165) is 5.41 Å². The van der Waals surface area contributed by atoms with E-state index in [4.69, 9.17) is 34.5 Å². The van der Waals surface area contributed by atoms with Gasteiger partial charge in [-0.2, -0.15) is 0 Å². The molecule has 2 aromatic carbocycles. The van der Waals surface area contributed by atoms with E-state index in [-0.39, 0.29) is 17.3 Å². The SMILES string of the molecule is COc1cc(OC)c(C=CS(=O)(=O)Cc2ccc(OC)c(OC(=O)[C@H](N)CO)c2)c(OC)c1. The molecule has 0 unspecified atom stereocenters. The van der Waals surface area contributed by atoms with E-state index in [9.17, 15) is 13.2 Å². The lowest BCUT2D eigenvalue weighted by Gasteiger charge is -2.13. The van der Waals surface area contributed by atoms with Crippen LogP contribution in [-0.2, 0) is 20.4 Å². The van der Waals surface area contributed by atoms with Gasteiger partial charge in [-0.25, -0.2) is 13.2 Å². The molecule has 11 heteroatoms. The van der Waals surface area contributed by atoms with Gasteiger partial charge < -0.3 is 34.5 Å². The average Bonchev–Trinajstić information content (AvgIpc) is 2.81. The third kappa shape index (κ3) is 6.85. The van der Waals surface area contributed by atoms with Crippen molar-refractivity contribution in [2.24, 2.45) is 5.73 Å². The molecule has 180 valence electrons. The van der Waals surface area contributed by atoms with Crippen LogP contribution in [0, 0.1) is 0 Å². The summed E-state index contributed by atoms with van der Waals surface area (Å²) < 4.78 is 51.6. The van der Waals surface area contributed by atoms with Crippen molar-refractivity contribution < 1.29 is 42.0 Å². The molecule has 2 rings (SSSR count). The number of aliphatic hydroxyl groups excluding tert-OH is 1. The predicted molar refractivity (Wildman–Crippen MR) is 121 cm³/mol. The van der Waals surface area contributed by atoms with Crippen molar-refractivity contribution in [2.45, 2.75) is 11.8 Å². The van der Waals surface area contributed by atoms with Gasteiger partial charge in [0, 0.05) is 17.5 Å². The monoisotopic (exact) mass is 481 g/mol. The van der Waals surface area contributed by atoms with E-state index in [2.05, 4.69) is 0 Å². The molecule has 0 aliphatic heterocycles.